The van der Waals surface area contributed by atoms with Gasteiger partial charge in [0.1, 0.15) is 5.69 Å². The largest absolute Gasteiger partial charge is 0.353 e. The number of hydrogen-bond acceptors (Lipinski definition) is 3. The second-order valence-electron chi connectivity index (χ2n) is 4.53. The molecule has 6 nitrogen and oxygen atoms in total. The average molecular weight is 250 g/mol. The van der Waals surface area contributed by atoms with E-state index in [9.17, 15) is 9.59 Å². The molecule has 1 aromatic heterocycles. The number of nitrogens with zero attached hydrogens (tertiary/aromatic N) is 1. The van der Waals surface area contributed by atoms with Gasteiger partial charge in [0, 0.05) is 25.2 Å². The smallest absolute Gasteiger partial charge is 0.269 e. The Labute approximate surface area is 106 Å². The van der Waals surface area contributed by atoms with Gasteiger partial charge in [-0.15, -0.1) is 0 Å². The molecule has 1 saturated carbocycles. The number of rotatable bonds is 5. The van der Waals surface area contributed by atoms with Crippen molar-refractivity contribution in [3.05, 3.63) is 18.0 Å². The van der Waals surface area contributed by atoms with E-state index < -0.39 is 0 Å². The van der Waals surface area contributed by atoms with Crippen LogP contribution in [0.2, 0.25) is 0 Å². The van der Waals surface area contributed by atoms with Crippen LogP contribution in [0, 0.1) is 0 Å². The van der Waals surface area contributed by atoms with Crippen LogP contribution in [0.5, 0.6) is 0 Å². The molecule has 0 spiro atoms. The fourth-order valence-corrected chi connectivity index (χ4v) is 2.14. The highest BCUT2D eigenvalue weighted by Gasteiger charge is 2.16. The molecule has 1 aromatic rings. The van der Waals surface area contributed by atoms with Crippen molar-refractivity contribution in [3.8, 4) is 0 Å². The highest BCUT2D eigenvalue weighted by atomic mass is 16.2. The van der Waals surface area contributed by atoms with E-state index in [0.29, 0.717) is 24.7 Å². The normalized spacial score (nSPS) is 15.6. The monoisotopic (exact) mass is 250 g/mol. The van der Waals surface area contributed by atoms with E-state index >= 15 is 0 Å². The van der Waals surface area contributed by atoms with E-state index in [1.54, 1.807) is 6.07 Å². The van der Waals surface area contributed by atoms with E-state index in [0.717, 1.165) is 12.8 Å². The van der Waals surface area contributed by atoms with Crippen molar-refractivity contribution in [2.24, 2.45) is 0 Å². The Hall–Kier alpha value is -1.85. The van der Waals surface area contributed by atoms with Gasteiger partial charge in [-0.05, 0) is 18.9 Å². The first kappa shape index (κ1) is 12.6. The topological polar surface area (TPSA) is 86.9 Å². The molecule has 2 rings (SSSR count). The summed E-state index contributed by atoms with van der Waals surface area (Å²) >= 11 is 0. The summed E-state index contributed by atoms with van der Waals surface area (Å²) < 4.78 is 0. The van der Waals surface area contributed by atoms with Crippen LogP contribution in [0.25, 0.3) is 0 Å². The third-order valence-electron chi connectivity index (χ3n) is 3.10. The standard InChI is InChI=1S/C12H18N4O2/c17-11(15-9-3-1-2-4-9)6-7-13-12(18)10-5-8-14-16-10/h5,8-9H,1-4,6-7H2,(H,13,18)(H,14,16)(H,15,17). The molecule has 6 heteroatoms. The number of carbonyl (C=O) groups is 2. The van der Waals surface area contributed by atoms with Crippen molar-refractivity contribution < 1.29 is 9.59 Å². The molecule has 0 aliphatic heterocycles. The lowest BCUT2D eigenvalue weighted by Gasteiger charge is -2.11. The van der Waals surface area contributed by atoms with Crippen LogP contribution in [-0.4, -0.2) is 34.6 Å². The lowest BCUT2D eigenvalue weighted by molar-refractivity contribution is -0.121. The maximum atomic E-state index is 11.6. The molecule has 0 radical (unpaired) electrons. The minimum atomic E-state index is -0.235. The van der Waals surface area contributed by atoms with Crippen molar-refractivity contribution in [3.63, 3.8) is 0 Å². The first-order chi connectivity index (χ1) is 8.75. The third-order valence-corrected chi connectivity index (χ3v) is 3.10. The molecule has 18 heavy (non-hydrogen) atoms. The van der Waals surface area contributed by atoms with Gasteiger partial charge >= 0.3 is 0 Å². The Morgan fingerprint density at radius 2 is 2.17 bits per heavy atom. The van der Waals surface area contributed by atoms with Gasteiger partial charge in [0.15, 0.2) is 0 Å². The summed E-state index contributed by atoms with van der Waals surface area (Å²) in [6, 6.07) is 1.93. The van der Waals surface area contributed by atoms with Gasteiger partial charge in [-0.1, -0.05) is 12.8 Å². The van der Waals surface area contributed by atoms with Crippen LogP contribution in [0.1, 0.15) is 42.6 Å². The summed E-state index contributed by atoms with van der Waals surface area (Å²) in [5, 5.41) is 11.9. The Balaban J connectivity index is 1.62. The number of H-pyrrole nitrogens is 1. The molecule has 0 aromatic carbocycles. The maximum Gasteiger partial charge on any atom is 0.269 e. The third kappa shape index (κ3) is 3.58. The molecule has 1 aliphatic carbocycles. The predicted molar refractivity (Wildman–Crippen MR) is 65.9 cm³/mol. The molecule has 98 valence electrons. The highest BCUT2D eigenvalue weighted by molar-refractivity contribution is 5.92. The number of aromatic amines is 1. The molecule has 1 aliphatic rings. The summed E-state index contributed by atoms with van der Waals surface area (Å²) in [5.41, 5.74) is 0.409. The Morgan fingerprint density at radius 3 is 2.83 bits per heavy atom. The van der Waals surface area contributed by atoms with Crippen LogP contribution < -0.4 is 10.6 Å². The summed E-state index contributed by atoms with van der Waals surface area (Å²) in [4.78, 5) is 23.1. The molecule has 3 N–H and O–H groups in total. The van der Waals surface area contributed by atoms with Gasteiger partial charge in [0.05, 0.1) is 0 Å². The zero-order chi connectivity index (χ0) is 12.8. The highest BCUT2D eigenvalue weighted by Crippen LogP contribution is 2.17. The van der Waals surface area contributed by atoms with Gasteiger partial charge in [-0.3, -0.25) is 14.7 Å². The van der Waals surface area contributed by atoms with Gasteiger partial charge in [0.25, 0.3) is 5.91 Å². The number of nitrogens with one attached hydrogen (secondary N) is 3. The molecular formula is C12H18N4O2. The number of carbonyl (C=O) groups excluding carboxylic acids is 2. The van der Waals surface area contributed by atoms with Crippen molar-refractivity contribution in [1.29, 1.82) is 0 Å². The quantitative estimate of drug-likeness (QED) is 0.714. The molecule has 1 fully saturated rings. The number of hydrogen-bond donors (Lipinski definition) is 3. The molecule has 1 heterocycles. The first-order valence-corrected chi connectivity index (χ1v) is 6.32. The lowest BCUT2D eigenvalue weighted by Crippen LogP contribution is -2.35. The van der Waals surface area contributed by atoms with Gasteiger partial charge in [-0.25, -0.2) is 0 Å². The SMILES string of the molecule is O=C(CCNC(=O)c1ccn[nH]1)NC1CCCC1. The number of amides is 2. The van der Waals surface area contributed by atoms with Crippen LogP contribution in [0.15, 0.2) is 12.3 Å². The predicted octanol–water partition coefficient (Wildman–Crippen LogP) is 0.588. The molecule has 0 saturated heterocycles. The van der Waals surface area contributed by atoms with E-state index in [1.165, 1.54) is 19.0 Å². The summed E-state index contributed by atoms with van der Waals surface area (Å²) in [5.74, 6) is -0.229. The second kappa shape index (κ2) is 6.18. The zero-order valence-corrected chi connectivity index (χ0v) is 10.2. The molecule has 0 atom stereocenters. The van der Waals surface area contributed by atoms with Crippen LogP contribution in [-0.2, 0) is 4.79 Å². The van der Waals surface area contributed by atoms with Crippen LogP contribution in [0.4, 0.5) is 0 Å². The van der Waals surface area contributed by atoms with E-state index in [-0.39, 0.29) is 11.8 Å². The van der Waals surface area contributed by atoms with Crippen molar-refractivity contribution in [1.82, 2.24) is 20.8 Å². The number of aromatic nitrogens is 2. The summed E-state index contributed by atoms with van der Waals surface area (Å²) in [7, 11) is 0. The average Bonchev–Trinajstić information content (AvgIpc) is 3.00. The molecule has 0 unspecified atom stereocenters. The van der Waals surface area contributed by atoms with Gasteiger partial charge in [0.2, 0.25) is 5.91 Å². The van der Waals surface area contributed by atoms with Crippen LogP contribution >= 0.6 is 0 Å². The Bertz CT molecular complexity index is 396. The Kier molecular flexibility index (Phi) is 4.33. The van der Waals surface area contributed by atoms with E-state index in [2.05, 4.69) is 20.8 Å². The second-order valence-corrected chi connectivity index (χ2v) is 4.53. The fraction of sp³-hybridized carbons (Fsp3) is 0.583. The lowest BCUT2D eigenvalue weighted by atomic mass is 10.2. The zero-order valence-electron chi connectivity index (χ0n) is 10.2. The summed E-state index contributed by atoms with van der Waals surface area (Å²) in [6.45, 7) is 0.344. The molecule has 0 bridgehead atoms. The van der Waals surface area contributed by atoms with Gasteiger partial charge < -0.3 is 10.6 Å². The van der Waals surface area contributed by atoms with Crippen molar-refractivity contribution in [2.45, 2.75) is 38.1 Å². The first-order valence-electron chi connectivity index (χ1n) is 6.32. The minimum Gasteiger partial charge on any atom is -0.353 e. The fourth-order valence-electron chi connectivity index (χ4n) is 2.14. The Morgan fingerprint density at radius 1 is 1.39 bits per heavy atom. The van der Waals surface area contributed by atoms with E-state index in [1.807, 2.05) is 0 Å². The summed E-state index contributed by atoms with van der Waals surface area (Å²) in [6.07, 6.45) is 6.37. The molecule has 2 amide bonds. The van der Waals surface area contributed by atoms with Crippen molar-refractivity contribution >= 4 is 11.8 Å². The minimum absolute atomic E-state index is 0.00631. The van der Waals surface area contributed by atoms with Crippen molar-refractivity contribution in [2.75, 3.05) is 6.54 Å². The van der Waals surface area contributed by atoms with Crippen LogP contribution in [0.3, 0.4) is 0 Å². The molecular weight excluding hydrogens is 232 g/mol. The van der Waals surface area contributed by atoms with E-state index in [4.69, 9.17) is 0 Å². The van der Waals surface area contributed by atoms with Gasteiger partial charge in [-0.2, -0.15) is 5.10 Å². The maximum absolute atomic E-state index is 11.6.